The van der Waals surface area contributed by atoms with E-state index in [0.717, 1.165) is 118 Å². The second kappa shape index (κ2) is 40.0. The Morgan fingerprint density at radius 2 is 0.628 bits per heavy atom. The quantitative estimate of drug-likeness (QED) is 0.0316. The first-order valence-corrected chi connectivity index (χ1v) is 47.3. The van der Waals surface area contributed by atoms with Crippen LogP contribution in [0.3, 0.4) is 0 Å². The predicted molar refractivity (Wildman–Crippen MR) is 569 cm³/mol. The number of nitrogens with one attached hydrogen (secondary N) is 11. The summed E-state index contributed by atoms with van der Waals surface area (Å²) in [7, 11) is 3.98. The molecule has 11 N–H and O–H groups in total. The van der Waals surface area contributed by atoms with Gasteiger partial charge in [0.25, 0.3) is 0 Å². The van der Waals surface area contributed by atoms with Crippen molar-refractivity contribution in [3.8, 4) is 135 Å². The first kappa shape index (κ1) is 93.3. The number of carbonyl (C=O) groups excluding carboxylic acids is 2. The maximum Gasteiger partial charge on any atom is 0.229 e. The molecule has 148 heavy (non-hydrogen) atoms. The Morgan fingerprint density at radius 3 is 0.973 bits per heavy atom. The minimum atomic E-state index is -0.519. The van der Waals surface area contributed by atoms with Crippen molar-refractivity contribution in [2.45, 2.75) is 40.7 Å². The van der Waals surface area contributed by atoms with Crippen molar-refractivity contribution in [1.82, 2.24) is 126 Å². The third kappa shape index (κ3) is 19.1. The van der Waals surface area contributed by atoms with E-state index in [4.69, 9.17) is 19.9 Å². The third-order valence-electron chi connectivity index (χ3n) is 25.2. The summed E-state index contributed by atoms with van der Waals surface area (Å²) in [6.45, 7) is 9.34. The summed E-state index contributed by atoms with van der Waals surface area (Å²) >= 11 is 0. The van der Waals surface area contributed by atoms with E-state index in [1.54, 1.807) is 147 Å². The van der Waals surface area contributed by atoms with Crippen molar-refractivity contribution in [2.75, 3.05) is 36.2 Å². The van der Waals surface area contributed by atoms with Gasteiger partial charge in [-0.2, -0.15) is 20.4 Å². The molecule has 0 radical (unpaired) electrons. The predicted octanol–water partition coefficient (Wildman–Crippen LogP) is 23.8. The molecule has 0 spiro atoms. The highest BCUT2D eigenvalue weighted by Gasteiger charge is 2.27. The lowest BCUT2D eigenvalue weighted by atomic mass is 9.95. The number of fused-ring (bicyclic) bond motifs is 8. The molecule has 0 saturated carbocycles. The number of amides is 2. The fourth-order valence-electron chi connectivity index (χ4n) is 17.7. The zero-order valence-electron chi connectivity index (χ0n) is 80.2. The number of pyridine rings is 8. The number of imidazole rings is 4. The Hall–Kier alpha value is -19.6. The van der Waals surface area contributed by atoms with Gasteiger partial charge in [0, 0.05) is 170 Å². The van der Waals surface area contributed by atoms with Gasteiger partial charge in [-0.3, -0.25) is 69.9 Å². The van der Waals surface area contributed by atoms with Gasteiger partial charge in [0.2, 0.25) is 11.8 Å². The van der Waals surface area contributed by atoms with Gasteiger partial charge in [-0.25, -0.2) is 37.5 Å². The van der Waals surface area contributed by atoms with Crippen molar-refractivity contribution >= 4 is 117 Å². The third-order valence-corrected chi connectivity index (χ3v) is 25.2. The normalized spacial score (nSPS) is 11.5. The summed E-state index contributed by atoms with van der Waals surface area (Å²) in [5, 5.41) is 43.2. The zero-order valence-corrected chi connectivity index (χ0v) is 80.2. The zero-order chi connectivity index (χ0) is 101. The largest absolute Gasteiger partial charge is 0.376 e. The molecule has 0 saturated heterocycles. The molecule has 0 aliphatic heterocycles. The van der Waals surface area contributed by atoms with Crippen LogP contribution >= 0.6 is 0 Å². The van der Waals surface area contributed by atoms with Crippen molar-refractivity contribution in [1.29, 1.82) is 0 Å². The minimum absolute atomic E-state index is 0.0850. The molecular weight excluding hydrogens is 1870 g/mol. The lowest BCUT2D eigenvalue weighted by Crippen LogP contribution is -2.27. The summed E-state index contributed by atoms with van der Waals surface area (Å²) in [5.41, 5.74) is 27.0. The average Bonchev–Trinajstić information content (AvgIpc) is 1.62. The van der Waals surface area contributed by atoms with Crippen LogP contribution in [0.1, 0.15) is 38.8 Å². The van der Waals surface area contributed by atoms with Crippen LogP contribution in [-0.4, -0.2) is 153 Å². The topological polar surface area (TPSA) is 406 Å². The van der Waals surface area contributed by atoms with E-state index in [2.05, 4.69) is 154 Å². The Kier molecular flexibility index (Phi) is 25.3. The molecule has 0 unspecified atom stereocenters. The molecule has 724 valence electrons. The van der Waals surface area contributed by atoms with Gasteiger partial charge in [0.15, 0.2) is 23.3 Å². The lowest BCUT2D eigenvalue weighted by Gasteiger charge is -2.17. The van der Waals surface area contributed by atoms with Crippen molar-refractivity contribution in [3.63, 3.8) is 0 Å². The monoisotopic (exact) mass is 1960 g/mol. The fraction of sp³-hybridized carbons (Fsp3) is 0.0877. The number of benzene rings is 9. The van der Waals surface area contributed by atoms with Crippen molar-refractivity contribution in [2.24, 2.45) is 5.41 Å². The minimum Gasteiger partial charge on any atom is -0.376 e. The van der Waals surface area contributed by atoms with Gasteiger partial charge in [-0.05, 0) is 137 Å². The SMILES string of the molecule is CC(C)(C)C(=O)Nc1cncc(-c2ccc3[nH]nc(-c4nc5c(-c6ccccc6F)cncc5[nH]4)c3c2)c1.CCNCc1cncc(-c2ccc3[nH]nc(-c4nc5c(-c6ccccc6F)cncc5[nH]4)c3c2)c1.CN(C)c1cncc(-c2ccc3[nH]nc(-c4nc5c(-c6ccccc6F)cncc5[nH]4)c3c2)c1.O=C(Cc1ccccc1)Nc1cncc(-c2ccc3[nH]nc(-c4nc5c(-c6ccccc6F)cncc5[nH]4)c3c2)c1. The van der Waals surface area contributed by atoms with E-state index in [1.165, 1.54) is 24.3 Å². The highest BCUT2D eigenvalue weighted by atomic mass is 19.1. The number of hydrogen-bond acceptors (Lipinski definition) is 20. The van der Waals surface area contributed by atoms with Crippen LogP contribution < -0.4 is 20.9 Å². The summed E-state index contributed by atoms with van der Waals surface area (Å²) in [6, 6.07) is 68.1. The van der Waals surface area contributed by atoms with Crippen LogP contribution in [0, 0.1) is 28.7 Å². The van der Waals surface area contributed by atoms with E-state index in [-0.39, 0.29) is 41.5 Å². The van der Waals surface area contributed by atoms with Crippen LogP contribution in [-0.2, 0) is 22.6 Å². The molecular formula is C114H88F4N28O2. The number of aromatic amines is 8. The van der Waals surface area contributed by atoms with E-state index >= 15 is 0 Å². The summed E-state index contributed by atoms with van der Waals surface area (Å²) in [5.74, 6) is 0.750. The molecule has 2 amide bonds. The molecule has 9 aromatic carbocycles. The maximum atomic E-state index is 14.6. The highest BCUT2D eigenvalue weighted by Crippen LogP contribution is 2.42. The van der Waals surface area contributed by atoms with Gasteiger partial charge in [-0.1, -0.05) is 155 Å². The molecule has 16 aromatic heterocycles. The summed E-state index contributed by atoms with van der Waals surface area (Å²) in [4.78, 5) is 94.1. The van der Waals surface area contributed by atoms with Crippen molar-refractivity contribution in [3.05, 3.63) is 358 Å². The number of hydrogen-bond donors (Lipinski definition) is 11. The smallest absolute Gasteiger partial charge is 0.229 e. The Labute approximate surface area is 840 Å². The van der Waals surface area contributed by atoms with Gasteiger partial charge in [-0.15, -0.1) is 0 Å². The summed E-state index contributed by atoms with van der Waals surface area (Å²) in [6.07, 6.45) is 27.7. The van der Waals surface area contributed by atoms with E-state index in [9.17, 15) is 27.2 Å². The standard InChI is InChI=1S/C32H22FN7O.C29H24FN7O.C27H22FN7.C26H20FN7/c33-26-9-5-4-8-23(26)25-17-35-18-28-30(25)38-32(37-28)31-24-14-20(10-11-27(24)39-40-31)21-13-22(16-34-15-21)36-29(41)12-19-6-2-1-3-7-19;1-29(2,3)28(38)33-18-10-17(12-31-13-18)16-8-9-23-20(11-16)26(37-36-23)27-34-24-15-32-14-21(25(24)35-27)19-6-4-5-7-22(19)30;1-2-29-11-16-9-18(13-30-12-16)17-7-8-23-20(10-17)26(35-34-23)27-32-24-15-31-14-21(25(24)33-27)19-5-3-4-6-22(19)28;1-34(2)17-9-16(11-28-12-17)15-7-8-22-19(10-15)25(33-32-22)26-30-23-14-29-13-20(24(23)31-26)18-5-3-4-6-21(18)27/h1-11,13-18H,12H2,(H,36,41)(H,37,38)(H,39,40);4-15H,1-3H3,(H,33,38)(H,34,35)(H,36,37);3-10,12-15,29H,2,11H2,1H3,(H,32,33)(H,34,35);3-14H,1-2H3,(H,30,31)(H,32,33). The fourth-order valence-corrected chi connectivity index (χ4v) is 17.7. The van der Waals surface area contributed by atoms with Gasteiger partial charge < -0.3 is 40.8 Å². The van der Waals surface area contributed by atoms with E-state index in [0.29, 0.717) is 146 Å². The number of carbonyl (C=O) groups is 2. The number of nitrogens with zero attached hydrogens (tertiary/aromatic N) is 17. The maximum absolute atomic E-state index is 14.6. The number of H-pyrrole nitrogens is 8. The van der Waals surface area contributed by atoms with Gasteiger partial charge in [0.05, 0.1) is 111 Å². The Bertz CT molecular complexity index is 9340. The Balaban J connectivity index is 0.000000112. The van der Waals surface area contributed by atoms with Crippen LogP contribution in [0.5, 0.6) is 0 Å². The molecule has 0 fully saturated rings. The number of aromatic nitrogens is 24. The molecule has 25 rings (SSSR count). The van der Waals surface area contributed by atoms with Crippen LogP contribution in [0.4, 0.5) is 34.6 Å². The number of halogens is 4. The van der Waals surface area contributed by atoms with Gasteiger partial charge >= 0.3 is 0 Å². The van der Waals surface area contributed by atoms with Crippen LogP contribution in [0.25, 0.3) is 223 Å². The molecule has 0 atom stereocenters. The first-order valence-electron chi connectivity index (χ1n) is 47.3. The second-order valence-corrected chi connectivity index (χ2v) is 36.5. The van der Waals surface area contributed by atoms with Crippen LogP contribution in [0.15, 0.2) is 324 Å². The number of rotatable bonds is 20. The molecule has 25 aromatic rings. The van der Waals surface area contributed by atoms with Crippen molar-refractivity contribution < 1.29 is 27.2 Å². The van der Waals surface area contributed by atoms with E-state index < -0.39 is 5.41 Å². The molecule has 0 aliphatic rings. The van der Waals surface area contributed by atoms with E-state index in [1.807, 2.05) is 162 Å². The number of anilines is 3. The van der Waals surface area contributed by atoms with Crippen LogP contribution in [0.2, 0.25) is 0 Å². The lowest BCUT2D eigenvalue weighted by molar-refractivity contribution is -0.123. The highest BCUT2D eigenvalue weighted by molar-refractivity contribution is 6.05. The average molecular weight is 1960 g/mol. The molecule has 0 aliphatic carbocycles. The molecule has 34 heteroatoms. The summed E-state index contributed by atoms with van der Waals surface area (Å²) < 4.78 is 58.1. The first-order chi connectivity index (χ1) is 72.2. The second-order valence-electron chi connectivity index (χ2n) is 36.5. The molecule has 0 bridgehead atoms. The van der Waals surface area contributed by atoms with Gasteiger partial charge in [0.1, 0.15) is 68.1 Å². The molecule has 16 heterocycles. The Morgan fingerprint density at radius 1 is 0.311 bits per heavy atom. The molecule has 30 nitrogen and oxygen atoms in total.